The van der Waals surface area contributed by atoms with Crippen molar-refractivity contribution in [3.8, 4) is 0 Å². The van der Waals surface area contributed by atoms with Crippen LogP contribution in [-0.4, -0.2) is 75.8 Å². The molecular formula is C10H17N3OSe. The summed E-state index contributed by atoms with van der Waals surface area (Å²) >= 11 is 3.05. The zero-order valence-electron chi connectivity index (χ0n) is 8.89. The van der Waals surface area contributed by atoms with Gasteiger partial charge in [-0.15, -0.1) is 0 Å². The fourth-order valence-corrected chi connectivity index (χ4v) is 2.30. The number of likely N-dealkylation sites (tertiary alicyclic amines) is 1. The van der Waals surface area contributed by atoms with Gasteiger partial charge in [0.05, 0.1) is 0 Å². The van der Waals surface area contributed by atoms with Crippen molar-refractivity contribution in [2.45, 2.75) is 12.8 Å². The maximum atomic E-state index is 5.28. The molecule has 0 amide bonds. The van der Waals surface area contributed by atoms with E-state index >= 15 is 0 Å². The van der Waals surface area contributed by atoms with Gasteiger partial charge >= 0.3 is 98.3 Å². The van der Waals surface area contributed by atoms with E-state index in [0.717, 1.165) is 44.1 Å². The van der Waals surface area contributed by atoms with Crippen molar-refractivity contribution in [3.63, 3.8) is 0 Å². The van der Waals surface area contributed by atoms with Crippen LogP contribution < -0.4 is 0 Å². The first-order chi connectivity index (χ1) is 7.36. The van der Waals surface area contributed by atoms with Crippen LogP contribution in [0.1, 0.15) is 12.8 Å². The average Bonchev–Trinajstić information content (AvgIpc) is 2.81. The molecule has 5 heteroatoms. The number of morpholine rings is 1. The molecule has 0 unspecified atom stereocenters. The summed E-state index contributed by atoms with van der Waals surface area (Å²) in [5.74, 6) is 0. The van der Waals surface area contributed by atoms with Crippen LogP contribution in [0.4, 0.5) is 0 Å². The number of hydrogen-bond acceptors (Lipinski definition) is 3. The van der Waals surface area contributed by atoms with Gasteiger partial charge in [0.2, 0.25) is 0 Å². The summed E-state index contributed by atoms with van der Waals surface area (Å²) in [5.41, 5.74) is 0. The Morgan fingerprint density at radius 1 is 1.13 bits per heavy atom. The summed E-state index contributed by atoms with van der Waals surface area (Å²) in [6.07, 6.45) is 4.52. The Labute approximate surface area is 98.6 Å². The second-order valence-corrected chi connectivity index (χ2v) is 4.64. The first kappa shape index (κ1) is 11.1. The molecule has 0 N–H and O–H groups in total. The van der Waals surface area contributed by atoms with E-state index in [1.54, 1.807) is 0 Å². The van der Waals surface area contributed by atoms with E-state index in [2.05, 4.69) is 30.4 Å². The zero-order chi connectivity index (χ0) is 10.5. The Hall–Kier alpha value is -0.381. The van der Waals surface area contributed by atoms with Gasteiger partial charge in [-0.05, 0) is 0 Å². The van der Waals surface area contributed by atoms with E-state index in [1.165, 1.54) is 12.8 Å². The molecule has 2 rings (SSSR count). The molecular weight excluding hydrogens is 257 g/mol. The molecule has 0 aromatic rings. The third-order valence-corrected chi connectivity index (χ3v) is 3.52. The van der Waals surface area contributed by atoms with Crippen LogP contribution in [0, 0.1) is 0 Å². The summed E-state index contributed by atoms with van der Waals surface area (Å²) in [5, 5.41) is 0. The summed E-state index contributed by atoms with van der Waals surface area (Å²) in [6.45, 7) is 5.83. The van der Waals surface area contributed by atoms with E-state index in [-0.39, 0.29) is 0 Å². The van der Waals surface area contributed by atoms with Gasteiger partial charge in [-0.1, -0.05) is 0 Å². The molecule has 0 radical (unpaired) electrons. The number of rotatable bonds is 3. The van der Waals surface area contributed by atoms with Crippen molar-refractivity contribution in [2.75, 3.05) is 39.4 Å². The summed E-state index contributed by atoms with van der Waals surface area (Å²) < 4.78 is 6.30. The van der Waals surface area contributed by atoms with Crippen LogP contribution in [0.3, 0.4) is 0 Å². The van der Waals surface area contributed by atoms with Crippen LogP contribution in [-0.2, 0) is 4.74 Å². The fourth-order valence-electron chi connectivity index (χ4n) is 1.81. The van der Waals surface area contributed by atoms with Crippen molar-refractivity contribution < 1.29 is 4.74 Å². The van der Waals surface area contributed by atoms with Gasteiger partial charge in [-0.2, -0.15) is 0 Å². The van der Waals surface area contributed by atoms with Crippen molar-refractivity contribution in [1.82, 2.24) is 9.80 Å². The summed E-state index contributed by atoms with van der Waals surface area (Å²) in [7, 11) is 0. The number of ether oxygens (including phenoxy) is 1. The molecule has 0 aliphatic carbocycles. The zero-order valence-corrected chi connectivity index (χ0v) is 10.6. The van der Waals surface area contributed by atoms with Gasteiger partial charge in [-0.3, -0.25) is 0 Å². The Kier molecular flexibility index (Phi) is 4.18. The molecule has 84 valence electrons. The van der Waals surface area contributed by atoms with Crippen molar-refractivity contribution in [3.05, 3.63) is 0 Å². The molecule has 0 saturated carbocycles. The third-order valence-electron chi connectivity index (χ3n) is 2.75. The van der Waals surface area contributed by atoms with Crippen molar-refractivity contribution in [2.24, 2.45) is 4.99 Å². The molecule has 2 saturated heterocycles. The molecule has 0 aromatic heterocycles. The molecule has 0 atom stereocenters. The van der Waals surface area contributed by atoms with Crippen LogP contribution in [0.25, 0.3) is 0 Å². The first-order valence-corrected chi connectivity index (χ1v) is 6.37. The molecule has 15 heavy (non-hydrogen) atoms. The van der Waals surface area contributed by atoms with Crippen LogP contribution in [0.2, 0.25) is 0 Å². The topological polar surface area (TPSA) is 28.1 Å². The second kappa shape index (κ2) is 5.63. The van der Waals surface area contributed by atoms with Crippen molar-refractivity contribution in [1.29, 1.82) is 0 Å². The third kappa shape index (κ3) is 3.30. The quantitative estimate of drug-likeness (QED) is 0.402. The number of nitrogens with zero attached hydrogens (tertiary/aromatic N) is 3. The molecule has 0 aromatic carbocycles. The minimum atomic E-state index is 0.818. The number of aliphatic imine (C=N–C) groups is 1. The average molecular weight is 274 g/mol. The van der Waals surface area contributed by atoms with E-state index in [9.17, 15) is 0 Å². The normalized spacial score (nSPS) is 22.7. The van der Waals surface area contributed by atoms with Gasteiger partial charge < -0.3 is 0 Å². The standard InChI is InChI=1S/C10H17N3OSe/c15-10(13-3-1-2-4-13)11-9-12-5-7-14-8-6-12/h9H,1-8H2/b11-9+. The monoisotopic (exact) mass is 275 g/mol. The van der Waals surface area contributed by atoms with Crippen LogP contribution in [0.15, 0.2) is 4.99 Å². The molecule has 0 bridgehead atoms. The predicted molar refractivity (Wildman–Crippen MR) is 62.5 cm³/mol. The Morgan fingerprint density at radius 3 is 2.47 bits per heavy atom. The summed E-state index contributed by atoms with van der Waals surface area (Å²) in [6, 6.07) is 0. The molecule has 2 aliphatic rings. The van der Waals surface area contributed by atoms with E-state index < -0.39 is 0 Å². The van der Waals surface area contributed by atoms with Crippen LogP contribution in [0.5, 0.6) is 0 Å². The van der Waals surface area contributed by atoms with Crippen molar-refractivity contribution >= 4 is 26.6 Å². The van der Waals surface area contributed by atoms with E-state index in [1.807, 2.05) is 6.34 Å². The van der Waals surface area contributed by atoms with Gasteiger partial charge in [0.15, 0.2) is 0 Å². The van der Waals surface area contributed by atoms with Crippen LogP contribution >= 0.6 is 0 Å². The van der Waals surface area contributed by atoms with Gasteiger partial charge in [0.25, 0.3) is 0 Å². The predicted octanol–water partition coefficient (Wildman–Crippen LogP) is -0.301. The Bertz CT molecular complexity index is 245. The maximum absolute atomic E-state index is 5.28. The Morgan fingerprint density at radius 2 is 1.80 bits per heavy atom. The summed E-state index contributed by atoms with van der Waals surface area (Å²) in [4.78, 5) is 8.97. The SMILES string of the molecule is [Se]=C(/N=C/N1CCOCC1)N1CCCC1. The molecule has 4 nitrogen and oxygen atoms in total. The number of hydrogen-bond donors (Lipinski definition) is 0. The minimum absolute atomic E-state index is 0.818. The molecule has 0 spiro atoms. The Balaban J connectivity index is 1.78. The second-order valence-electron chi connectivity index (χ2n) is 3.87. The van der Waals surface area contributed by atoms with Gasteiger partial charge in [0.1, 0.15) is 0 Å². The molecule has 2 aliphatic heterocycles. The van der Waals surface area contributed by atoms with Gasteiger partial charge in [0, 0.05) is 0 Å². The first-order valence-electron chi connectivity index (χ1n) is 5.51. The molecule has 2 heterocycles. The van der Waals surface area contributed by atoms with Gasteiger partial charge in [-0.25, -0.2) is 0 Å². The molecule has 2 fully saturated rings. The fraction of sp³-hybridized carbons (Fsp3) is 0.800. The van der Waals surface area contributed by atoms with E-state index in [0.29, 0.717) is 0 Å². The van der Waals surface area contributed by atoms with E-state index in [4.69, 9.17) is 4.74 Å².